The number of aliphatic hydroxyl groups excluding tert-OH is 1. The van der Waals surface area contributed by atoms with Gasteiger partial charge >= 0.3 is 0 Å². The maximum absolute atomic E-state index is 9.81. The molecule has 102 valence electrons. The average Bonchev–Trinajstić information content (AvgIpc) is 2.30. The molecule has 0 amide bonds. The lowest BCUT2D eigenvalue weighted by Crippen LogP contribution is -2.45. The number of hydrogen-bond acceptors (Lipinski definition) is 2. The van der Waals surface area contributed by atoms with Crippen molar-refractivity contribution >= 4 is 0 Å². The third-order valence-corrected chi connectivity index (χ3v) is 4.67. The van der Waals surface area contributed by atoms with E-state index in [1.54, 1.807) is 0 Å². The molecule has 1 N–H and O–H groups in total. The summed E-state index contributed by atoms with van der Waals surface area (Å²) in [5.41, 5.74) is 0.176. The van der Waals surface area contributed by atoms with Crippen molar-refractivity contribution < 1.29 is 5.11 Å². The summed E-state index contributed by atoms with van der Waals surface area (Å²) < 4.78 is 0. The minimum Gasteiger partial charge on any atom is -0.396 e. The van der Waals surface area contributed by atoms with Crippen LogP contribution in [0.3, 0.4) is 0 Å². The van der Waals surface area contributed by atoms with E-state index >= 15 is 0 Å². The molecule has 0 aromatic carbocycles. The van der Waals surface area contributed by atoms with Crippen LogP contribution in [0.25, 0.3) is 0 Å². The standard InChI is InChI=1S/C15H31NO/c1-5-14(6-2)16(4)11-15(12-17)9-7-8-13(3)10-15/h13-14,17H,5-12H2,1-4H3. The van der Waals surface area contributed by atoms with Crippen LogP contribution in [0.5, 0.6) is 0 Å². The van der Waals surface area contributed by atoms with Gasteiger partial charge in [-0.2, -0.15) is 0 Å². The number of rotatable bonds is 6. The molecule has 0 saturated heterocycles. The van der Waals surface area contributed by atoms with Gasteiger partial charge in [0.1, 0.15) is 0 Å². The fourth-order valence-electron chi connectivity index (χ4n) is 3.68. The van der Waals surface area contributed by atoms with Gasteiger partial charge in [0.15, 0.2) is 0 Å². The van der Waals surface area contributed by atoms with Crippen LogP contribution in [-0.4, -0.2) is 36.2 Å². The first-order valence-corrected chi connectivity index (χ1v) is 7.38. The predicted octanol–water partition coefficient (Wildman–Crippen LogP) is 3.30. The minimum atomic E-state index is 0.176. The summed E-state index contributed by atoms with van der Waals surface area (Å²) in [6, 6.07) is 0.677. The quantitative estimate of drug-likeness (QED) is 0.771. The van der Waals surface area contributed by atoms with Crippen LogP contribution in [-0.2, 0) is 0 Å². The van der Waals surface area contributed by atoms with Crippen LogP contribution in [0.1, 0.15) is 59.3 Å². The van der Waals surface area contributed by atoms with Gasteiger partial charge in [0.05, 0.1) is 0 Å². The Bertz CT molecular complexity index is 215. The summed E-state index contributed by atoms with van der Waals surface area (Å²) in [5, 5.41) is 9.81. The molecule has 1 aliphatic carbocycles. The smallest absolute Gasteiger partial charge is 0.0499 e. The van der Waals surface area contributed by atoms with Crippen LogP contribution < -0.4 is 0 Å². The molecule has 0 bridgehead atoms. The van der Waals surface area contributed by atoms with E-state index in [2.05, 4.69) is 32.7 Å². The maximum Gasteiger partial charge on any atom is 0.0499 e. The highest BCUT2D eigenvalue weighted by atomic mass is 16.3. The number of aliphatic hydroxyl groups is 1. The Hall–Kier alpha value is -0.0800. The van der Waals surface area contributed by atoms with Crippen molar-refractivity contribution in [1.29, 1.82) is 0 Å². The molecule has 1 fully saturated rings. The summed E-state index contributed by atoms with van der Waals surface area (Å²) in [7, 11) is 2.23. The molecule has 1 aliphatic rings. The maximum atomic E-state index is 9.81. The Kier molecular flexibility index (Phi) is 5.94. The monoisotopic (exact) mass is 241 g/mol. The van der Waals surface area contributed by atoms with Gasteiger partial charge in [-0.05, 0) is 38.6 Å². The summed E-state index contributed by atoms with van der Waals surface area (Å²) in [4.78, 5) is 2.48. The Morgan fingerprint density at radius 2 is 2.00 bits per heavy atom. The van der Waals surface area contributed by atoms with Gasteiger partial charge < -0.3 is 10.0 Å². The van der Waals surface area contributed by atoms with E-state index in [1.165, 1.54) is 38.5 Å². The highest BCUT2D eigenvalue weighted by Crippen LogP contribution is 2.39. The summed E-state index contributed by atoms with van der Waals surface area (Å²) in [5.74, 6) is 0.783. The van der Waals surface area contributed by atoms with Gasteiger partial charge in [0.2, 0.25) is 0 Å². The lowest BCUT2D eigenvalue weighted by Gasteiger charge is -2.43. The van der Waals surface area contributed by atoms with Crippen molar-refractivity contribution in [3.63, 3.8) is 0 Å². The van der Waals surface area contributed by atoms with Crippen molar-refractivity contribution in [3.8, 4) is 0 Å². The molecule has 0 aromatic heterocycles. The van der Waals surface area contributed by atoms with E-state index in [9.17, 15) is 5.11 Å². The third-order valence-electron chi connectivity index (χ3n) is 4.67. The SMILES string of the molecule is CCC(CC)N(C)CC1(CO)CCCC(C)C1. The summed E-state index contributed by atoms with van der Waals surface area (Å²) >= 11 is 0. The van der Waals surface area contributed by atoms with Gasteiger partial charge in [0, 0.05) is 24.6 Å². The normalized spacial score (nSPS) is 30.2. The molecule has 2 unspecified atom stereocenters. The molecule has 0 aromatic rings. The van der Waals surface area contributed by atoms with E-state index in [0.717, 1.165) is 12.5 Å². The first kappa shape index (κ1) is 15.0. The Balaban J connectivity index is 2.61. The zero-order valence-corrected chi connectivity index (χ0v) is 12.2. The Morgan fingerprint density at radius 1 is 1.35 bits per heavy atom. The van der Waals surface area contributed by atoms with Crippen molar-refractivity contribution in [3.05, 3.63) is 0 Å². The summed E-state index contributed by atoms with van der Waals surface area (Å²) in [6.07, 6.45) is 7.47. The van der Waals surface area contributed by atoms with Crippen molar-refractivity contribution in [1.82, 2.24) is 4.90 Å². The molecule has 0 spiro atoms. The van der Waals surface area contributed by atoms with Crippen LogP contribution >= 0.6 is 0 Å². The largest absolute Gasteiger partial charge is 0.396 e. The highest BCUT2D eigenvalue weighted by molar-refractivity contribution is 4.88. The minimum absolute atomic E-state index is 0.176. The van der Waals surface area contributed by atoms with Gasteiger partial charge in [-0.15, -0.1) is 0 Å². The van der Waals surface area contributed by atoms with Crippen molar-refractivity contribution in [2.45, 2.75) is 65.3 Å². The molecule has 2 heteroatoms. The molecule has 0 radical (unpaired) electrons. The number of hydrogen-bond donors (Lipinski definition) is 1. The predicted molar refractivity (Wildman–Crippen MR) is 74.2 cm³/mol. The highest BCUT2D eigenvalue weighted by Gasteiger charge is 2.36. The fourth-order valence-corrected chi connectivity index (χ4v) is 3.68. The molecule has 1 rings (SSSR count). The van der Waals surface area contributed by atoms with Crippen LogP contribution in [0.15, 0.2) is 0 Å². The van der Waals surface area contributed by atoms with Crippen LogP contribution in [0.4, 0.5) is 0 Å². The fraction of sp³-hybridized carbons (Fsp3) is 1.00. The third kappa shape index (κ3) is 3.96. The van der Waals surface area contributed by atoms with E-state index in [-0.39, 0.29) is 5.41 Å². The second kappa shape index (κ2) is 6.75. The second-order valence-corrected chi connectivity index (χ2v) is 6.25. The second-order valence-electron chi connectivity index (χ2n) is 6.25. The Labute approximate surface area is 107 Å². The lowest BCUT2D eigenvalue weighted by atomic mass is 9.70. The van der Waals surface area contributed by atoms with E-state index in [0.29, 0.717) is 12.6 Å². The van der Waals surface area contributed by atoms with Crippen molar-refractivity contribution in [2.75, 3.05) is 20.2 Å². The average molecular weight is 241 g/mol. The first-order chi connectivity index (χ1) is 8.06. The zero-order valence-electron chi connectivity index (χ0n) is 12.2. The molecule has 2 atom stereocenters. The van der Waals surface area contributed by atoms with E-state index in [4.69, 9.17) is 0 Å². The van der Waals surface area contributed by atoms with E-state index in [1.807, 2.05) is 0 Å². The number of nitrogens with zero attached hydrogens (tertiary/aromatic N) is 1. The zero-order chi connectivity index (χ0) is 12.9. The molecular formula is C15H31NO. The molecule has 2 nitrogen and oxygen atoms in total. The van der Waals surface area contributed by atoms with Gasteiger partial charge in [-0.25, -0.2) is 0 Å². The molecule has 1 saturated carbocycles. The van der Waals surface area contributed by atoms with Gasteiger partial charge in [-0.3, -0.25) is 0 Å². The molecular weight excluding hydrogens is 210 g/mol. The topological polar surface area (TPSA) is 23.5 Å². The summed E-state index contributed by atoms with van der Waals surface area (Å²) in [6.45, 7) is 8.29. The molecule has 0 heterocycles. The first-order valence-electron chi connectivity index (χ1n) is 7.38. The molecule has 0 aliphatic heterocycles. The van der Waals surface area contributed by atoms with Gasteiger partial charge in [-0.1, -0.05) is 33.6 Å². The van der Waals surface area contributed by atoms with E-state index < -0.39 is 0 Å². The lowest BCUT2D eigenvalue weighted by molar-refractivity contribution is 0.0186. The van der Waals surface area contributed by atoms with Gasteiger partial charge in [0.25, 0.3) is 0 Å². The molecule has 17 heavy (non-hydrogen) atoms. The van der Waals surface area contributed by atoms with Crippen LogP contribution in [0, 0.1) is 11.3 Å². The van der Waals surface area contributed by atoms with Crippen LogP contribution in [0.2, 0.25) is 0 Å². The Morgan fingerprint density at radius 3 is 2.47 bits per heavy atom. The van der Waals surface area contributed by atoms with Crippen molar-refractivity contribution in [2.24, 2.45) is 11.3 Å².